The smallest absolute Gasteiger partial charge is 0.407 e. The highest BCUT2D eigenvalue weighted by Crippen LogP contribution is 2.27. The maximum Gasteiger partial charge on any atom is 0.407 e. The van der Waals surface area contributed by atoms with E-state index in [2.05, 4.69) is 5.32 Å². The van der Waals surface area contributed by atoms with E-state index in [0.29, 0.717) is 6.07 Å². The number of hydrogen-bond donors (Lipinski definition) is 3. The minimum absolute atomic E-state index is 0.241. The fourth-order valence-electron chi connectivity index (χ4n) is 1.74. The van der Waals surface area contributed by atoms with Gasteiger partial charge in [0.05, 0.1) is 4.92 Å². The summed E-state index contributed by atoms with van der Waals surface area (Å²) in [5.41, 5.74) is -2.49. The largest absolute Gasteiger partial charge is 0.444 e. The summed E-state index contributed by atoms with van der Waals surface area (Å²) < 4.78 is 31.8. The lowest BCUT2D eigenvalue weighted by molar-refractivity contribution is -0.387. The van der Waals surface area contributed by atoms with E-state index in [1.54, 1.807) is 20.8 Å². The molecule has 0 bridgehead atoms. The molecule has 2 atom stereocenters. The molecule has 0 heterocycles. The van der Waals surface area contributed by atoms with Gasteiger partial charge >= 0.3 is 11.8 Å². The zero-order valence-electron chi connectivity index (χ0n) is 13.2. The maximum atomic E-state index is 13.7. The van der Waals surface area contributed by atoms with Gasteiger partial charge in [0.25, 0.3) is 0 Å². The Morgan fingerprint density at radius 3 is 2.42 bits per heavy atom. The molecule has 0 aliphatic carbocycles. The normalized spacial score (nSPS) is 14.0. The Kier molecular flexibility index (Phi) is 6.16. The summed E-state index contributed by atoms with van der Waals surface area (Å²) in [5.74, 6) is -2.67. The molecule has 2 unspecified atom stereocenters. The summed E-state index contributed by atoms with van der Waals surface area (Å²) in [7, 11) is 0. The van der Waals surface area contributed by atoms with Gasteiger partial charge in [-0.25, -0.2) is 9.18 Å². The van der Waals surface area contributed by atoms with Crippen molar-refractivity contribution in [3.8, 4) is 0 Å². The Bertz CT molecular complexity index is 632. The molecule has 1 aromatic rings. The summed E-state index contributed by atoms with van der Waals surface area (Å²) in [6.07, 6.45) is -4.49. The van der Waals surface area contributed by atoms with Gasteiger partial charge in [-0.15, -0.1) is 0 Å². The number of alkyl carbamates (subject to hydrolysis) is 1. The van der Waals surface area contributed by atoms with E-state index in [1.165, 1.54) is 0 Å². The van der Waals surface area contributed by atoms with Crippen LogP contribution in [0.15, 0.2) is 12.1 Å². The Hall–Kier alpha value is -2.33. The van der Waals surface area contributed by atoms with Crippen LogP contribution in [-0.4, -0.2) is 39.5 Å². The molecular formula is C14H18F2N2O6. The Balaban J connectivity index is 2.82. The molecule has 8 nitrogen and oxygen atoms in total. The van der Waals surface area contributed by atoms with Gasteiger partial charge in [0.2, 0.25) is 5.82 Å². The first kappa shape index (κ1) is 19.7. The zero-order chi connectivity index (χ0) is 18.7. The molecule has 0 aliphatic heterocycles. The molecule has 0 saturated carbocycles. The van der Waals surface area contributed by atoms with Gasteiger partial charge in [-0.05, 0) is 20.8 Å². The molecular weight excluding hydrogens is 330 g/mol. The molecule has 10 heteroatoms. The van der Waals surface area contributed by atoms with Gasteiger partial charge < -0.3 is 20.3 Å². The second-order valence-electron chi connectivity index (χ2n) is 5.98. The van der Waals surface area contributed by atoms with Crippen molar-refractivity contribution in [2.75, 3.05) is 6.54 Å². The van der Waals surface area contributed by atoms with Crippen LogP contribution in [0.4, 0.5) is 19.3 Å². The number of nitrogens with zero attached hydrogens (tertiary/aromatic N) is 1. The summed E-state index contributed by atoms with van der Waals surface area (Å²) in [4.78, 5) is 21.0. The van der Waals surface area contributed by atoms with Gasteiger partial charge in [-0.3, -0.25) is 10.1 Å². The maximum absolute atomic E-state index is 13.7. The number of amides is 1. The van der Waals surface area contributed by atoms with Gasteiger partial charge in [0.1, 0.15) is 23.6 Å². The SMILES string of the molecule is CC(C)(C)OC(=O)NCC(O)C(O)c1cc([N+](=O)[O-])c(F)cc1F. The van der Waals surface area contributed by atoms with Crippen LogP contribution in [0.1, 0.15) is 32.4 Å². The summed E-state index contributed by atoms with van der Waals surface area (Å²) >= 11 is 0. The number of halogens is 2. The van der Waals surface area contributed by atoms with Crippen molar-refractivity contribution in [1.29, 1.82) is 0 Å². The quantitative estimate of drug-likeness (QED) is 0.551. The topological polar surface area (TPSA) is 122 Å². The van der Waals surface area contributed by atoms with E-state index in [0.717, 1.165) is 0 Å². The second kappa shape index (κ2) is 7.49. The highest BCUT2D eigenvalue weighted by atomic mass is 19.1. The number of nitro groups is 1. The third-order valence-electron chi connectivity index (χ3n) is 2.80. The van der Waals surface area contributed by atoms with Gasteiger partial charge in [0, 0.05) is 24.2 Å². The first-order valence-electron chi connectivity index (χ1n) is 6.88. The third kappa shape index (κ3) is 5.39. The van der Waals surface area contributed by atoms with Crippen molar-refractivity contribution >= 4 is 11.8 Å². The number of nitrogens with one attached hydrogen (secondary N) is 1. The lowest BCUT2D eigenvalue weighted by Gasteiger charge is -2.22. The predicted molar refractivity (Wildman–Crippen MR) is 78.2 cm³/mol. The fourth-order valence-corrected chi connectivity index (χ4v) is 1.74. The number of ether oxygens (including phenoxy) is 1. The van der Waals surface area contributed by atoms with Crippen molar-refractivity contribution in [3.05, 3.63) is 39.4 Å². The average Bonchev–Trinajstić information content (AvgIpc) is 2.41. The molecule has 0 aromatic heterocycles. The van der Waals surface area contributed by atoms with Crippen molar-refractivity contribution in [1.82, 2.24) is 5.32 Å². The van der Waals surface area contributed by atoms with E-state index in [-0.39, 0.29) is 6.07 Å². The number of aliphatic hydroxyl groups excluding tert-OH is 2. The predicted octanol–water partition coefficient (Wildman–Crippen LogP) is 1.79. The highest BCUT2D eigenvalue weighted by Gasteiger charge is 2.27. The van der Waals surface area contributed by atoms with E-state index in [4.69, 9.17) is 4.74 Å². The van der Waals surface area contributed by atoms with Gasteiger partial charge in [-0.1, -0.05) is 0 Å². The van der Waals surface area contributed by atoms with E-state index in [1.807, 2.05) is 0 Å². The first-order valence-corrected chi connectivity index (χ1v) is 6.88. The molecule has 0 saturated heterocycles. The number of carbonyl (C=O) groups is 1. The molecule has 1 rings (SSSR count). The third-order valence-corrected chi connectivity index (χ3v) is 2.80. The van der Waals surface area contributed by atoms with Crippen LogP contribution in [0, 0.1) is 21.7 Å². The monoisotopic (exact) mass is 348 g/mol. The Morgan fingerprint density at radius 1 is 1.33 bits per heavy atom. The number of aliphatic hydroxyl groups is 2. The van der Waals surface area contributed by atoms with Gasteiger partial charge in [0.15, 0.2) is 0 Å². The van der Waals surface area contributed by atoms with Crippen LogP contribution >= 0.6 is 0 Å². The van der Waals surface area contributed by atoms with Gasteiger partial charge in [-0.2, -0.15) is 4.39 Å². The molecule has 0 aliphatic rings. The molecule has 0 spiro atoms. The van der Waals surface area contributed by atoms with Crippen LogP contribution < -0.4 is 5.32 Å². The molecule has 24 heavy (non-hydrogen) atoms. The number of hydrogen-bond acceptors (Lipinski definition) is 6. The molecule has 134 valence electrons. The summed E-state index contributed by atoms with van der Waals surface area (Å²) in [6.45, 7) is 4.33. The summed E-state index contributed by atoms with van der Waals surface area (Å²) in [6, 6.07) is 0.733. The van der Waals surface area contributed by atoms with Crippen LogP contribution in [-0.2, 0) is 4.74 Å². The zero-order valence-corrected chi connectivity index (χ0v) is 13.2. The first-order chi connectivity index (χ1) is 10.9. The Labute approximate surface area is 136 Å². The number of nitro benzene ring substituents is 1. The molecule has 1 amide bonds. The standard InChI is InChI=1S/C14H18F2N2O6/c1-14(2,3)24-13(21)17-6-11(19)12(20)7-4-10(18(22)23)9(16)5-8(7)15/h4-5,11-12,19-20H,6H2,1-3H3,(H,17,21). The molecule has 0 fully saturated rings. The number of benzene rings is 1. The second-order valence-corrected chi connectivity index (χ2v) is 5.98. The van der Waals surface area contributed by atoms with Crippen LogP contribution in [0.3, 0.4) is 0 Å². The van der Waals surface area contributed by atoms with Crippen LogP contribution in [0.25, 0.3) is 0 Å². The molecule has 1 aromatic carbocycles. The molecule has 0 radical (unpaired) electrons. The van der Waals surface area contributed by atoms with Crippen molar-refractivity contribution in [2.24, 2.45) is 0 Å². The van der Waals surface area contributed by atoms with Crippen LogP contribution in [0.2, 0.25) is 0 Å². The van der Waals surface area contributed by atoms with Crippen LogP contribution in [0.5, 0.6) is 0 Å². The van der Waals surface area contributed by atoms with E-state index in [9.17, 15) is 33.9 Å². The minimum Gasteiger partial charge on any atom is -0.444 e. The lowest BCUT2D eigenvalue weighted by atomic mass is 10.0. The Morgan fingerprint density at radius 2 is 1.92 bits per heavy atom. The van der Waals surface area contributed by atoms with Crippen molar-refractivity contribution in [3.63, 3.8) is 0 Å². The van der Waals surface area contributed by atoms with E-state index < -0.39 is 58.3 Å². The molecule has 3 N–H and O–H groups in total. The number of carbonyl (C=O) groups excluding carboxylic acids is 1. The fraction of sp³-hybridized carbons (Fsp3) is 0.500. The highest BCUT2D eigenvalue weighted by molar-refractivity contribution is 5.67. The van der Waals surface area contributed by atoms with Crippen molar-refractivity contribution in [2.45, 2.75) is 38.6 Å². The van der Waals surface area contributed by atoms with E-state index >= 15 is 0 Å². The average molecular weight is 348 g/mol. The summed E-state index contributed by atoms with van der Waals surface area (Å²) in [5, 5.41) is 32.5. The van der Waals surface area contributed by atoms with Crippen molar-refractivity contribution < 1.29 is 33.4 Å². The number of rotatable bonds is 5. The lowest BCUT2D eigenvalue weighted by Crippen LogP contribution is -2.39. The minimum atomic E-state index is -1.92.